The molecule has 1 spiro atoms. The Morgan fingerprint density at radius 2 is 2.05 bits per heavy atom. The van der Waals surface area contributed by atoms with Crippen molar-refractivity contribution in [1.82, 2.24) is 9.80 Å². The minimum Gasteiger partial charge on any atom is -0.344 e. The summed E-state index contributed by atoms with van der Waals surface area (Å²) in [6, 6.07) is 4.95. The molecule has 0 N–H and O–H groups in total. The number of hydrogen-bond acceptors (Lipinski definition) is 2. The molecular weight excluding hydrogens is 279 g/mol. The van der Waals surface area contributed by atoms with Gasteiger partial charge in [0.15, 0.2) is 0 Å². The second kappa shape index (κ2) is 5.01. The molecule has 3 nitrogen and oxygen atoms in total. The van der Waals surface area contributed by atoms with E-state index in [1.807, 2.05) is 13.1 Å². The number of piperidine rings is 1. The van der Waals surface area contributed by atoms with Gasteiger partial charge in [0.2, 0.25) is 5.91 Å². The Balaban J connectivity index is 1.59. The molecule has 108 valence electrons. The van der Waals surface area contributed by atoms with Crippen LogP contribution in [0.1, 0.15) is 18.4 Å². The first-order valence-electron chi connectivity index (χ1n) is 6.92. The van der Waals surface area contributed by atoms with E-state index in [0.29, 0.717) is 6.54 Å². The minimum absolute atomic E-state index is 0.101. The number of amides is 1. The van der Waals surface area contributed by atoms with Crippen LogP contribution in [0.5, 0.6) is 0 Å². The number of hydrogen-bond donors (Lipinski definition) is 0. The average Bonchev–Trinajstić information content (AvgIpc) is 2.45. The van der Waals surface area contributed by atoms with Crippen LogP contribution in [0, 0.1) is 11.2 Å². The fourth-order valence-electron chi connectivity index (χ4n) is 3.31. The van der Waals surface area contributed by atoms with E-state index in [1.165, 1.54) is 6.07 Å². The van der Waals surface area contributed by atoms with Gasteiger partial charge in [-0.2, -0.15) is 0 Å². The maximum atomic E-state index is 13.4. The molecule has 0 aliphatic carbocycles. The van der Waals surface area contributed by atoms with Crippen LogP contribution in [0.2, 0.25) is 5.02 Å². The van der Waals surface area contributed by atoms with E-state index in [0.717, 1.165) is 38.0 Å². The topological polar surface area (TPSA) is 23.6 Å². The van der Waals surface area contributed by atoms with Crippen LogP contribution < -0.4 is 0 Å². The molecule has 2 fully saturated rings. The van der Waals surface area contributed by atoms with Crippen molar-refractivity contribution in [2.24, 2.45) is 5.41 Å². The number of halogens is 2. The van der Waals surface area contributed by atoms with Crippen LogP contribution in [-0.2, 0) is 11.3 Å². The molecule has 0 atom stereocenters. The highest BCUT2D eigenvalue weighted by Gasteiger charge is 2.51. The Labute approximate surface area is 123 Å². The highest BCUT2D eigenvalue weighted by Crippen LogP contribution is 2.41. The summed E-state index contributed by atoms with van der Waals surface area (Å²) in [6.45, 7) is 3.39. The van der Waals surface area contributed by atoms with Crippen LogP contribution in [0.3, 0.4) is 0 Å². The molecule has 2 saturated heterocycles. The molecule has 0 unspecified atom stereocenters. The number of nitrogens with zero attached hydrogens (tertiary/aromatic N) is 2. The molecule has 1 aromatic carbocycles. The van der Waals surface area contributed by atoms with Gasteiger partial charge in [0.25, 0.3) is 0 Å². The van der Waals surface area contributed by atoms with E-state index in [2.05, 4.69) is 4.90 Å². The molecule has 1 aromatic rings. The Kier molecular flexibility index (Phi) is 3.46. The maximum Gasteiger partial charge on any atom is 0.230 e. The summed E-state index contributed by atoms with van der Waals surface area (Å²) in [5.74, 6) is -0.0804. The molecule has 2 heterocycles. The predicted molar refractivity (Wildman–Crippen MR) is 76.0 cm³/mol. The molecule has 0 aromatic heterocycles. The molecule has 2 aliphatic rings. The number of likely N-dealkylation sites (tertiary alicyclic amines) is 2. The normalized spacial score (nSPS) is 22.1. The fraction of sp³-hybridized carbons (Fsp3) is 0.533. The van der Waals surface area contributed by atoms with Gasteiger partial charge in [0.1, 0.15) is 5.82 Å². The van der Waals surface area contributed by atoms with E-state index in [1.54, 1.807) is 11.0 Å². The monoisotopic (exact) mass is 296 g/mol. The molecular formula is C15H18ClFN2O. The summed E-state index contributed by atoms with van der Waals surface area (Å²) in [5, 5.41) is 0.162. The first kappa shape index (κ1) is 13.8. The lowest BCUT2D eigenvalue weighted by atomic mass is 9.71. The van der Waals surface area contributed by atoms with Crippen LogP contribution in [0.15, 0.2) is 18.2 Å². The van der Waals surface area contributed by atoms with Crippen LogP contribution in [0.25, 0.3) is 0 Å². The first-order chi connectivity index (χ1) is 9.50. The number of β-lactam (4-membered cyclic amide) rings is 1. The lowest BCUT2D eigenvalue weighted by molar-refractivity contribution is -0.162. The lowest BCUT2D eigenvalue weighted by Gasteiger charge is -2.51. The zero-order valence-corrected chi connectivity index (χ0v) is 12.3. The number of rotatable bonds is 2. The van der Waals surface area contributed by atoms with E-state index < -0.39 is 0 Å². The second-order valence-corrected chi connectivity index (χ2v) is 6.37. The summed E-state index contributed by atoms with van der Waals surface area (Å²) in [6.07, 6.45) is 1.82. The number of carbonyl (C=O) groups is 1. The Morgan fingerprint density at radius 3 is 2.60 bits per heavy atom. The van der Waals surface area contributed by atoms with E-state index in [9.17, 15) is 9.18 Å². The van der Waals surface area contributed by atoms with Gasteiger partial charge >= 0.3 is 0 Å². The number of benzene rings is 1. The van der Waals surface area contributed by atoms with Crippen molar-refractivity contribution >= 4 is 17.5 Å². The van der Waals surface area contributed by atoms with Crippen molar-refractivity contribution in [1.29, 1.82) is 0 Å². The summed E-state index contributed by atoms with van der Waals surface area (Å²) in [5.41, 5.74) is 0.830. The third-order valence-electron chi connectivity index (χ3n) is 4.54. The summed E-state index contributed by atoms with van der Waals surface area (Å²) < 4.78 is 13.4. The quantitative estimate of drug-likeness (QED) is 0.783. The molecule has 0 radical (unpaired) electrons. The van der Waals surface area contributed by atoms with Crippen molar-refractivity contribution in [3.63, 3.8) is 0 Å². The Morgan fingerprint density at radius 1 is 1.35 bits per heavy atom. The zero-order chi connectivity index (χ0) is 14.3. The van der Waals surface area contributed by atoms with Crippen LogP contribution >= 0.6 is 11.6 Å². The average molecular weight is 297 g/mol. The molecule has 2 aliphatic heterocycles. The standard InChI is InChI=1S/C15H18ClFN2O/c1-18-10-15(14(18)20)4-6-19(7-5-15)9-11-2-3-12(16)13(17)8-11/h2-3,8H,4-7,9-10H2,1H3. The van der Waals surface area contributed by atoms with Gasteiger partial charge in [0.05, 0.1) is 10.4 Å². The van der Waals surface area contributed by atoms with Gasteiger partial charge in [-0.3, -0.25) is 9.69 Å². The third-order valence-corrected chi connectivity index (χ3v) is 4.85. The zero-order valence-electron chi connectivity index (χ0n) is 11.5. The third kappa shape index (κ3) is 2.31. The van der Waals surface area contributed by atoms with Gasteiger partial charge in [0, 0.05) is 20.1 Å². The Hall–Kier alpha value is -1.13. The Bertz CT molecular complexity index is 541. The smallest absolute Gasteiger partial charge is 0.230 e. The van der Waals surface area contributed by atoms with Crippen LogP contribution in [-0.4, -0.2) is 42.4 Å². The minimum atomic E-state index is -0.367. The van der Waals surface area contributed by atoms with E-state index >= 15 is 0 Å². The molecule has 1 amide bonds. The molecule has 3 rings (SSSR count). The van der Waals surface area contributed by atoms with Crippen molar-refractivity contribution in [3.8, 4) is 0 Å². The summed E-state index contributed by atoms with van der Waals surface area (Å²) in [4.78, 5) is 16.0. The van der Waals surface area contributed by atoms with Gasteiger partial charge in [-0.05, 0) is 43.6 Å². The fourth-order valence-corrected chi connectivity index (χ4v) is 3.43. The van der Waals surface area contributed by atoms with Gasteiger partial charge < -0.3 is 4.90 Å². The molecule has 20 heavy (non-hydrogen) atoms. The van der Waals surface area contributed by atoms with Crippen LogP contribution in [0.4, 0.5) is 4.39 Å². The van der Waals surface area contributed by atoms with E-state index in [4.69, 9.17) is 11.6 Å². The molecule has 5 heteroatoms. The predicted octanol–water partition coefficient (Wildman–Crippen LogP) is 2.53. The summed E-state index contributed by atoms with van der Waals surface area (Å²) in [7, 11) is 1.86. The van der Waals surface area contributed by atoms with Crippen molar-refractivity contribution < 1.29 is 9.18 Å². The van der Waals surface area contributed by atoms with Crippen molar-refractivity contribution in [2.45, 2.75) is 19.4 Å². The highest BCUT2D eigenvalue weighted by molar-refractivity contribution is 6.30. The van der Waals surface area contributed by atoms with E-state index in [-0.39, 0.29) is 22.2 Å². The van der Waals surface area contributed by atoms with Gasteiger partial charge in [-0.15, -0.1) is 0 Å². The second-order valence-electron chi connectivity index (χ2n) is 5.97. The van der Waals surface area contributed by atoms with Gasteiger partial charge in [-0.25, -0.2) is 4.39 Å². The molecule has 0 saturated carbocycles. The number of carbonyl (C=O) groups excluding carboxylic acids is 1. The van der Waals surface area contributed by atoms with Crippen molar-refractivity contribution in [2.75, 3.05) is 26.7 Å². The SMILES string of the molecule is CN1CC2(CCN(Cc3ccc(Cl)c(F)c3)CC2)C1=O. The molecule has 0 bridgehead atoms. The highest BCUT2D eigenvalue weighted by atomic mass is 35.5. The maximum absolute atomic E-state index is 13.4. The largest absolute Gasteiger partial charge is 0.344 e. The first-order valence-corrected chi connectivity index (χ1v) is 7.30. The summed E-state index contributed by atoms with van der Waals surface area (Å²) >= 11 is 5.69. The lowest BCUT2D eigenvalue weighted by Crippen LogP contribution is -2.63. The van der Waals surface area contributed by atoms with Crippen molar-refractivity contribution in [3.05, 3.63) is 34.6 Å². The van der Waals surface area contributed by atoms with Gasteiger partial charge in [-0.1, -0.05) is 17.7 Å².